The van der Waals surface area contributed by atoms with Gasteiger partial charge in [-0.25, -0.2) is 0 Å². The van der Waals surface area contributed by atoms with Gasteiger partial charge in [-0.05, 0) is 37.6 Å². The largest absolute Gasteiger partial charge is 0.298 e. The van der Waals surface area contributed by atoms with E-state index in [-0.39, 0.29) is 0 Å². The van der Waals surface area contributed by atoms with Gasteiger partial charge in [0.15, 0.2) is 0 Å². The van der Waals surface area contributed by atoms with Crippen molar-refractivity contribution >= 4 is 0 Å². The van der Waals surface area contributed by atoms with Gasteiger partial charge in [-0.1, -0.05) is 6.92 Å². The quantitative estimate of drug-likeness (QED) is 0.564. The normalized spacial score (nSPS) is 29.7. The molecule has 57 valence electrons. The molecule has 0 aromatic carbocycles. The third kappa shape index (κ3) is 1.07. The summed E-state index contributed by atoms with van der Waals surface area (Å²) in [6.07, 6.45) is 5.67. The van der Waals surface area contributed by atoms with Gasteiger partial charge in [0.1, 0.15) is 0 Å². The summed E-state index contributed by atoms with van der Waals surface area (Å²) < 4.78 is 0. The minimum Gasteiger partial charge on any atom is -0.298 e. The molecule has 0 N–H and O–H groups in total. The zero-order chi connectivity index (χ0) is 7.03. The molecular weight excluding hydrogens is 122 g/mol. The summed E-state index contributed by atoms with van der Waals surface area (Å²) in [6.45, 7) is 7.26. The highest BCUT2D eigenvalue weighted by Gasteiger charge is 2.47. The third-order valence-electron chi connectivity index (χ3n) is 2.87. The Hall–Kier alpha value is -0.0400. The molecule has 1 heteroatoms. The summed E-state index contributed by atoms with van der Waals surface area (Å²) in [5.41, 5.74) is 0.811. The Kier molecular flexibility index (Phi) is 1.48. The van der Waals surface area contributed by atoms with E-state index in [2.05, 4.69) is 18.4 Å². The summed E-state index contributed by atoms with van der Waals surface area (Å²) in [5.74, 6) is 0. The minimum absolute atomic E-state index is 0.811. The molecule has 0 aromatic rings. The molecule has 0 bridgehead atoms. The first-order valence-electron chi connectivity index (χ1n) is 4.42. The summed E-state index contributed by atoms with van der Waals surface area (Å²) >= 11 is 0. The fourth-order valence-corrected chi connectivity index (χ4v) is 1.97. The van der Waals surface area contributed by atoms with Crippen LogP contribution in [0.5, 0.6) is 0 Å². The Bertz CT molecular complexity index is 127. The van der Waals surface area contributed by atoms with Gasteiger partial charge in [0, 0.05) is 13.1 Å². The van der Waals surface area contributed by atoms with E-state index in [0.717, 1.165) is 5.41 Å². The lowest BCUT2D eigenvalue weighted by Crippen LogP contribution is -2.17. The van der Waals surface area contributed by atoms with Crippen LogP contribution in [0.4, 0.5) is 0 Å². The van der Waals surface area contributed by atoms with Crippen LogP contribution in [0.15, 0.2) is 0 Å². The van der Waals surface area contributed by atoms with E-state index in [1.54, 1.807) is 0 Å². The van der Waals surface area contributed by atoms with E-state index in [0.29, 0.717) is 0 Å². The topological polar surface area (TPSA) is 3.24 Å². The molecule has 0 unspecified atom stereocenters. The van der Waals surface area contributed by atoms with E-state index >= 15 is 0 Å². The molecule has 1 aliphatic carbocycles. The van der Waals surface area contributed by atoms with Crippen LogP contribution in [-0.4, -0.2) is 18.0 Å². The van der Waals surface area contributed by atoms with Crippen LogP contribution in [0.3, 0.4) is 0 Å². The molecule has 1 nitrogen and oxygen atoms in total. The van der Waals surface area contributed by atoms with E-state index in [1.165, 1.54) is 38.8 Å². The summed E-state index contributed by atoms with van der Waals surface area (Å²) in [6, 6.07) is 0. The lowest BCUT2D eigenvalue weighted by molar-refractivity contribution is 0.378. The third-order valence-corrected chi connectivity index (χ3v) is 2.87. The highest BCUT2D eigenvalue weighted by Crippen LogP contribution is 2.52. The molecule has 2 aliphatic rings. The molecule has 1 heterocycles. The number of hydrogen-bond acceptors (Lipinski definition) is 1. The van der Waals surface area contributed by atoms with E-state index in [9.17, 15) is 0 Å². The highest BCUT2D eigenvalue weighted by molar-refractivity contribution is 5.01. The molecule has 10 heavy (non-hydrogen) atoms. The summed E-state index contributed by atoms with van der Waals surface area (Å²) in [4.78, 5) is 2.51. The van der Waals surface area contributed by atoms with E-state index < -0.39 is 0 Å². The zero-order valence-corrected chi connectivity index (χ0v) is 6.77. The Labute approximate surface area is 63.4 Å². The van der Waals surface area contributed by atoms with Crippen molar-refractivity contribution in [2.45, 2.75) is 32.6 Å². The standard InChI is InChI=1S/C9H16N/c1-2-6-10-7-5-9(8-10)3-4-9/h6H,2-5,7-8H2,1H3. The van der Waals surface area contributed by atoms with Crippen molar-refractivity contribution in [1.29, 1.82) is 0 Å². The summed E-state index contributed by atoms with van der Waals surface area (Å²) in [7, 11) is 0. The van der Waals surface area contributed by atoms with Crippen molar-refractivity contribution in [2.24, 2.45) is 5.41 Å². The van der Waals surface area contributed by atoms with Gasteiger partial charge in [-0.3, -0.25) is 4.90 Å². The molecule has 1 radical (unpaired) electrons. The molecule has 2 fully saturated rings. The van der Waals surface area contributed by atoms with Crippen LogP contribution in [0.1, 0.15) is 32.6 Å². The number of rotatable bonds is 2. The minimum atomic E-state index is 0.811. The maximum absolute atomic E-state index is 2.51. The monoisotopic (exact) mass is 138 g/mol. The SMILES string of the molecule is CC[CH]N1CCC2(CC2)C1. The van der Waals surface area contributed by atoms with Crippen molar-refractivity contribution in [3.05, 3.63) is 6.54 Å². The molecule has 1 spiro atoms. The molecule has 0 amide bonds. The van der Waals surface area contributed by atoms with Gasteiger partial charge in [-0.15, -0.1) is 0 Å². The second-order valence-electron chi connectivity index (χ2n) is 3.81. The molecule has 0 aromatic heterocycles. The Morgan fingerprint density at radius 1 is 1.40 bits per heavy atom. The number of likely N-dealkylation sites (tertiary alicyclic amines) is 1. The van der Waals surface area contributed by atoms with Gasteiger partial charge in [0.05, 0.1) is 0 Å². The second-order valence-corrected chi connectivity index (χ2v) is 3.81. The smallest absolute Gasteiger partial charge is 0.0249 e. The fraction of sp³-hybridized carbons (Fsp3) is 0.889. The second kappa shape index (κ2) is 2.23. The Morgan fingerprint density at radius 2 is 2.20 bits per heavy atom. The van der Waals surface area contributed by atoms with Crippen molar-refractivity contribution in [2.75, 3.05) is 13.1 Å². The van der Waals surface area contributed by atoms with E-state index in [4.69, 9.17) is 0 Å². The molecule has 1 saturated carbocycles. The average Bonchev–Trinajstić information content (AvgIpc) is 2.52. The zero-order valence-electron chi connectivity index (χ0n) is 6.77. The Morgan fingerprint density at radius 3 is 2.70 bits per heavy atom. The molecule has 0 atom stereocenters. The maximum atomic E-state index is 2.51. The lowest BCUT2D eigenvalue weighted by atomic mass is 10.1. The van der Waals surface area contributed by atoms with Gasteiger partial charge >= 0.3 is 0 Å². The first-order chi connectivity index (χ1) is 4.85. The molecule has 2 rings (SSSR count). The predicted molar refractivity (Wildman–Crippen MR) is 42.4 cm³/mol. The number of hydrogen-bond donors (Lipinski definition) is 0. The first kappa shape index (κ1) is 6.66. The fourth-order valence-electron chi connectivity index (χ4n) is 1.97. The van der Waals surface area contributed by atoms with E-state index in [1.807, 2.05) is 0 Å². The van der Waals surface area contributed by atoms with Crippen LogP contribution in [-0.2, 0) is 0 Å². The molecular formula is C9H16N. The van der Waals surface area contributed by atoms with Crippen LogP contribution in [0.25, 0.3) is 0 Å². The number of nitrogens with zero attached hydrogens (tertiary/aromatic N) is 1. The van der Waals surface area contributed by atoms with Crippen molar-refractivity contribution < 1.29 is 0 Å². The first-order valence-corrected chi connectivity index (χ1v) is 4.42. The van der Waals surface area contributed by atoms with Crippen molar-refractivity contribution in [1.82, 2.24) is 4.90 Å². The summed E-state index contributed by atoms with van der Waals surface area (Å²) in [5, 5.41) is 0. The van der Waals surface area contributed by atoms with Crippen LogP contribution < -0.4 is 0 Å². The van der Waals surface area contributed by atoms with Gasteiger partial charge in [0.2, 0.25) is 0 Å². The van der Waals surface area contributed by atoms with Crippen LogP contribution >= 0.6 is 0 Å². The predicted octanol–water partition coefficient (Wildman–Crippen LogP) is 2.04. The maximum Gasteiger partial charge on any atom is 0.0249 e. The average molecular weight is 138 g/mol. The molecule has 1 aliphatic heterocycles. The van der Waals surface area contributed by atoms with Gasteiger partial charge < -0.3 is 0 Å². The van der Waals surface area contributed by atoms with Crippen molar-refractivity contribution in [3.8, 4) is 0 Å². The Balaban J connectivity index is 1.82. The lowest BCUT2D eigenvalue weighted by Gasteiger charge is -2.12. The highest BCUT2D eigenvalue weighted by atomic mass is 15.2. The van der Waals surface area contributed by atoms with Crippen LogP contribution in [0.2, 0.25) is 0 Å². The molecule has 1 saturated heterocycles. The van der Waals surface area contributed by atoms with Gasteiger partial charge in [0.25, 0.3) is 0 Å². The van der Waals surface area contributed by atoms with Crippen molar-refractivity contribution in [3.63, 3.8) is 0 Å². The van der Waals surface area contributed by atoms with Crippen LogP contribution in [0, 0.1) is 12.0 Å². The van der Waals surface area contributed by atoms with Gasteiger partial charge in [-0.2, -0.15) is 0 Å².